The van der Waals surface area contributed by atoms with Gasteiger partial charge in [-0.1, -0.05) is 50.6 Å². The summed E-state index contributed by atoms with van der Waals surface area (Å²) in [6, 6.07) is 10.2. The molecule has 0 fully saturated rings. The average molecular weight is 280 g/mol. The standard InChI is InChI=1S/C15H22ClN3/c1-4-9-13(5-2)18-15(16)19-14(17-3)12-10-7-6-8-11-12/h6-8,10-11,13H,4-5,9H2,1-3H3,(H,17,18,19). The Hall–Kier alpha value is -1.35. The summed E-state index contributed by atoms with van der Waals surface area (Å²) in [6.07, 6.45) is 3.16. The minimum Gasteiger partial charge on any atom is -0.315 e. The lowest BCUT2D eigenvalue weighted by atomic mass is 10.1. The molecule has 104 valence electrons. The van der Waals surface area contributed by atoms with Crippen LogP contribution in [0.4, 0.5) is 0 Å². The molecule has 0 bridgehead atoms. The predicted octanol–water partition coefficient (Wildman–Crippen LogP) is 3.83. The normalized spacial score (nSPS) is 14.3. The molecule has 0 amide bonds. The number of nitrogens with zero attached hydrogens (tertiary/aromatic N) is 2. The summed E-state index contributed by atoms with van der Waals surface area (Å²) in [5, 5.41) is 3.48. The summed E-state index contributed by atoms with van der Waals surface area (Å²) >= 11 is 6.17. The van der Waals surface area contributed by atoms with Crippen LogP contribution in [0.5, 0.6) is 0 Å². The van der Waals surface area contributed by atoms with E-state index in [1.165, 1.54) is 0 Å². The number of halogens is 1. The van der Waals surface area contributed by atoms with Crippen LogP contribution in [0.1, 0.15) is 38.7 Å². The van der Waals surface area contributed by atoms with E-state index < -0.39 is 0 Å². The number of rotatable bonds is 5. The Morgan fingerprint density at radius 1 is 1.26 bits per heavy atom. The van der Waals surface area contributed by atoms with Gasteiger partial charge in [0, 0.05) is 12.6 Å². The highest BCUT2D eigenvalue weighted by Crippen LogP contribution is 2.07. The molecule has 0 aliphatic rings. The molecule has 0 aliphatic carbocycles. The van der Waals surface area contributed by atoms with E-state index in [0.29, 0.717) is 5.29 Å². The van der Waals surface area contributed by atoms with Gasteiger partial charge in [0.2, 0.25) is 0 Å². The number of hydrogen-bond acceptors (Lipinski definition) is 2. The van der Waals surface area contributed by atoms with Crippen LogP contribution in [0.15, 0.2) is 40.3 Å². The first-order chi connectivity index (χ1) is 9.21. The van der Waals surface area contributed by atoms with Gasteiger partial charge >= 0.3 is 0 Å². The summed E-state index contributed by atoms with van der Waals surface area (Å²) in [6.45, 7) is 4.28. The summed E-state index contributed by atoms with van der Waals surface area (Å²) in [5.41, 5.74) is 1.00. The van der Waals surface area contributed by atoms with Gasteiger partial charge in [0.1, 0.15) is 5.84 Å². The summed E-state index contributed by atoms with van der Waals surface area (Å²) in [5.74, 6) is 0.737. The van der Waals surface area contributed by atoms with Crippen molar-refractivity contribution in [1.29, 1.82) is 0 Å². The van der Waals surface area contributed by atoms with Crippen molar-refractivity contribution in [3.8, 4) is 0 Å². The molecule has 0 heterocycles. The lowest BCUT2D eigenvalue weighted by molar-refractivity contribution is 0.589. The topological polar surface area (TPSA) is 36.8 Å². The van der Waals surface area contributed by atoms with E-state index in [1.54, 1.807) is 7.05 Å². The monoisotopic (exact) mass is 279 g/mol. The molecule has 0 saturated carbocycles. The molecular weight excluding hydrogens is 258 g/mol. The zero-order chi connectivity index (χ0) is 14.1. The molecule has 1 aromatic rings. The predicted molar refractivity (Wildman–Crippen MR) is 84.3 cm³/mol. The number of nitrogens with one attached hydrogen (secondary N) is 1. The van der Waals surface area contributed by atoms with Crippen LogP contribution in [-0.4, -0.2) is 24.2 Å². The fraction of sp³-hybridized carbons (Fsp3) is 0.467. The molecule has 1 N–H and O–H groups in total. The maximum atomic E-state index is 6.17. The van der Waals surface area contributed by atoms with E-state index in [4.69, 9.17) is 11.6 Å². The van der Waals surface area contributed by atoms with Gasteiger partial charge in [-0.25, -0.2) is 0 Å². The molecule has 3 nitrogen and oxygen atoms in total. The van der Waals surface area contributed by atoms with Gasteiger partial charge in [0.25, 0.3) is 0 Å². The van der Waals surface area contributed by atoms with Crippen molar-refractivity contribution in [2.75, 3.05) is 7.05 Å². The Morgan fingerprint density at radius 2 is 1.95 bits per heavy atom. The van der Waals surface area contributed by atoms with E-state index in [2.05, 4.69) is 29.1 Å². The van der Waals surface area contributed by atoms with Gasteiger partial charge in [0.15, 0.2) is 5.29 Å². The van der Waals surface area contributed by atoms with Crippen molar-refractivity contribution in [2.45, 2.75) is 39.2 Å². The van der Waals surface area contributed by atoms with Crippen molar-refractivity contribution in [1.82, 2.24) is 5.32 Å². The molecule has 0 aliphatic heterocycles. The second-order valence-electron chi connectivity index (χ2n) is 4.33. The fourth-order valence-electron chi connectivity index (χ4n) is 1.84. The van der Waals surface area contributed by atoms with Gasteiger partial charge in [0.05, 0.1) is 6.04 Å². The highest BCUT2D eigenvalue weighted by Gasteiger charge is 2.07. The van der Waals surface area contributed by atoms with E-state index in [1.807, 2.05) is 30.3 Å². The molecule has 0 spiro atoms. The molecule has 0 saturated heterocycles. The molecule has 0 radical (unpaired) electrons. The molecule has 1 unspecified atom stereocenters. The molecular formula is C15H22ClN3. The smallest absolute Gasteiger partial charge is 0.197 e. The number of aliphatic imine (C=N–C) groups is 2. The van der Waals surface area contributed by atoms with E-state index in [0.717, 1.165) is 30.7 Å². The fourth-order valence-corrected chi connectivity index (χ4v) is 2.06. The van der Waals surface area contributed by atoms with E-state index in [9.17, 15) is 0 Å². The Morgan fingerprint density at radius 3 is 2.47 bits per heavy atom. The lowest BCUT2D eigenvalue weighted by Crippen LogP contribution is -2.29. The van der Waals surface area contributed by atoms with Crippen LogP contribution >= 0.6 is 11.6 Å². The molecule has 1 rings (SSSR count). The maximum Gasteiger partial charge on any atom is 0.197 e. The summed E-state index contributed by atoms with van der Waals surface area (Å²) < 4.78 is 0. The maximum absolute atomic E-state index is 6.17. The van der Waals surface area contributed by atoms with Gasteiger partial charge in [-0.15, -0.1) is 0 Å². The Bertz CT molecular complexity index is 426. The SMILES string of the molecule is CCCC(CC)N=C(Cl)NC(=NC)c1ccccc1. The minimum atomic E-state index is 0.277. The van der Waals surface area contributed by atoms with Crippen LogP contribution in [0, 0.1) is 0 Å². The first-order valence-corrected chi connectivity index (χ1v) is 7.11. The van der Waals surface area contributed by atoms with Crippen LogP contribution < -0.4 is 5.32 Å². The number of hydrogen-bond donors (Lipinski definition) is 1. The second-order valence-corrected chi connectivity index (χ2v) is 4.69. The zero-order valence-electron chi connectivity index (χ0n) is 11.9. The third kappa shape index (κ3) is 5.43. The molecule has 4 heteroatoms. The first kappa shape index (κ1) is 15.7. The van der Waals surface area contributed by atoms with E-state index >= 15 is 0 Å². The quantitative estimate of drug-likeness (QED) is 0.496. The van der Waals surface area contributed by atoms with Crippen molar-refractivity contribution in [3.05, 3.63) is 35.9 Å². The molecule has 19 heavy (non-hydrogen) atoms. The summed E-state index contributed by atoms with van der Waals surface area (Å²) in [4.78, 5) is 8.71. The van der Waals surface area contributed by atoms with Gasteiger partial charge in [-0.05, 0) is 24.4 Å². The van der Waals surface area contributed by atoms with Gasteiger partial charge in [-0.2, -0.15) is 0 Å². The first-order valence-electron chi connectivity index (χ1n) is 6.73. The van der Waals surface area contributed by atoms with Crippen molar-refractivity contribution >= 4 is 22.7 Å². The van der Waals surface area contributed by atoms with Crippen LogP contribution in [0.25, 0.3) is 0 Å². The Labute approximate surface area is 120 Å². The van der Waals surface area contributed by atoms with Crippen LogP contribution in [-0.2, 0) is 0 Å². The average Bonchev–Trinajstić information content (AvgIpc) is 2.45. The van der Waals surface area contributed by atoms with Gasteiger partial charge in [-0.3, -0.25) is 9.98 Å². The van der Waals surface area contributed by atoms with Crippen LogP contribution in [0.2, 0.25) is 0 Å². The molecule has 1 aromatic carbocycles. The van der Waals surface area contributed by atoms with Gasteiger partial charge < -0.3 is 5.32 Å². The summed E-state index contributed by atoms with van der Waals surface area (Å²) in [7, 11) is 1.74. The Balaban J connectivity index is 2.74. The zero-order valence-corrected chi connectivity index (χ0v) is 12.6. The van der Waals surface area contributed by atoms with Crippen molar-refractivity contribution in [3.63, 3.8) is 0 Å². The van der Waals surface area contributed by atoms with Crippen molar-refractivity contribution in [2.24, 2.45) is 9.98 Å². The van der Waals surface area contributed by atoms with Crippen molar-refractivity contribution < 1.29 is 0 Å². The van der Waals surface area contributed by atoms with Crippen LogP contribution in [0.3, 0.4) is 0 Å². The third-order valence-corrected chi connectivity index (χ3v) is 3.07. The number of amidine groups is 2. The lowest BCUT2D eigenvalue weighted by Gasteiger charge is -2.11. The second kappa shape index (κ2) is 8.70. The van der Waals surface area contributed by atoms with E-state index in [-0.39, 0.29) is 6.04 Å². The molecule has 0 aromatic heterocycles. The Kier molecular flexibility index (Phi) is 7.19. The molecule has 1 atom stereocenters. The largest absolute Gasteiger partial charge is 0.315 e. The highest BCUT2D eigenvalue weighted by molar-refractivity contribution is 6.66. The highest BCUT2D eigenvalue weighted by atomic mass is 35.5. The third-order valence-electron chi connectivity index (χ3n) is 2.88. The number of benzene rings is 1. The minimum absolute atomic E-state index is 0.277.